The summed E-state index contributed by atoms with van der Waals surface area (Å²) in [5.74, 6) is 1.82. The van der Waals surface area contributed by atoms with Crippen molar-refractivity contribution in [1.29, 1.82) is 0 Å². The fraction of sp³-hybridized carbons (Fsp3) is 0.688. The summed E-state index contributed by atoms with van der Waals surface area (Å²) in [5, 5.41) is 6.48. The maximum absolute atomic E-state index is 11.1. The minimum absolute atomic E-state index is 0. The molecule has 1 fully saturated rings. The first kappa shape index (κ1) is 22.2. The van der Waals surface area contributed by atoms with E-state index in [0.717, 1.165) is 18.8 Å². The van der Waals surface area contributed by atoms with Crippen molar-refractivity contribution in [1.82, 2.24) is 15.5 Å². The van der Waals surface area contributed by atoms with Gasteiger partial charge in [0.1, 0.15) is 15.6 Å². The third kappa shape index (κ3) is 7.95. The quantitative estimate of drug-likeness (QED) is 0.253. The average molecular weight is 484 g/mol. The van der Waals surface area contributed by atoms with Crippen molar-refractivity contribution < 1.29 is 12.8 Å². The van der Waals surface area contributed by atoms with Gasteiger partial charge in [0.05, 0.1) is 18.1 Å². The summed E-state index contributed by atoms with van der Waals surface area (Å²) >= 11 is 0. The molecule has 0 amide bonds. The smallest absolute Gasteiger partial charge is 0.191 e. The normalized spacial score (nSPS) is 17.1. The van der Waals surface area contributed by atoms with Crippen LogP contribution in [0.4, 0.5) is 0 Å². The largest absolute Gasteiger partial charge is 0.468 e. The van der Waals surface area contributed by atoms with Gasteiger partial charge in [-0.25, -0.2) is 8.42 Å². The van der Waals surface area contributed by atoms with Gasteiger partial charge in [-0.15, -0.1) is 24.0 Å². The zero-order valence-corrected chi connectivity index (χ0v) is 18.0. The van der Waals surface area contributed by atoms with Gasteiger partial charge < -0.3 is 15.1 Å². The molecule has 2 rings (SSSR count). The summed E-state index contributed by atoms with van der Waals surface area (Å²) in [4.78, 5) is 6.62. The van der Waals surface area contributed by atoms with Crippen LogP contribution in [0.2, 0.25) is 0 Å². The zero-order chi connectivity index (χ0) is 17.4. The Kier molecular flexibility index (Phi) is 9.80. The van der Waals surface area contributed by atoms with Gasteiger partial charge in [-0.2, -0.15) is 0 Å². The van der Waals surface area contributed by atoms with Crippen LogP contribution in [0.15, 0.2) is 27.8 Å². The van der Waals surface area contributed by atoms with Crippen LogP contribution < -0.4 is 10.6 Å². The van der Waals surface area contributed by atoms with Gasteiger partial charge in [0.15, 0.2) is 5.96 Å². The number of rotatable bonds is 8. The van der Waals surface area contributed by atoms with E-state index < -0.39 is 9.84 Å². The highest BCUT2D eigenvalue weighted by atomic mass is 127. The molecule has 25 heavy (non-hydrogen) atoms. The number of halogens is 1. The molecule has 7 nitrogen and oxygen atoms in total. The molecule has 1 saturated heterocycles. The van der Waals surface area contributed by atoms with Crippen molar-refractivity contribution in [2.45, 2.75) is 25.3 Å². The number of nitrogens with zero attached hydrogens (tertiary/aromatic N) is 2. The summed E-state index contributed by atoms with van der Waals surface area (Å²) < 4.78 is 27.9. The summed E-state index contributed by atoms with van der Waals surface area (Å²) in [6, 6.07) is 4.10. The molecule has 2 heterocycles. The monoisotopic (exact) mass is 484 g/mol. The Morgan fingerprint density at radius 1 is 1.36 bits per heavy atom. The maximum atomic E-state index is 11.1. The number of furan rings is 1. The van der Waals surface area contributed by atoms with Crippen LogP contribution in [0, 0.1) is 0 Å². The van der Waals surface area contributed by atoms with Crippen molar-refractivity contribution in [2.75, 3.05) is 45.2 Å². The van der Waals surface area contributed by atoms with Gasteiger partial charge in [-0.05, 0) is 44.5 Å². The van der Waals surface area contributed by atoms with E-state index in [9.17, 15) is 8.42 Å². The van der Waals surface area contributed by atoms with E-state index >= 15 is 0 Å². The number of guanidine groups is 1. The number of hydrogen-bond acceptors (Lipinski definition) is 5. The van der Waals surface area contributed by atoms with E-state index in [2.05, 4.69) is 20.5 Å². The van der Waals surface area contributed by atoms with Crippen molar-refractivity contribution in [3.63, 3.8) is 0 Å². The van der Waals surface area contributed by atoms with Gasteiger partial charge in [-0.1, -0.05) is 0 Å². The summed E-state index contributed by atoms with van der Waals surface area (Å²) in [6.45, 7) is 3.42. The Bertz CT molecular complexity index is 613. The van der Waals surface area contributed by atoms with Crippen LogP contribution in [0.3, 0.4) is 0 Å². The van der Waals surface area contributed by atoms with Gasteiger partial charge in [-0.3, -0.25) is 9.89 Å². The SMILES string of the molecule is CN=C(NCCCS(C)(=O)=O)NCC(c1ccco1)N1CCCC1.I. The molecule has 144 valence electrons. The van der Waals surface area contributed by atoms with E-state index in [1.165, 1.54) is 19.1 Å². The molecule has 2 N–H and O–H groups in total. The fourth-order valence-electron chi connectivity index (χ4n) is 2.90. The molecule has 1 aromatic rings. The predicted octanol–water partition coefficient (Wildman–Crippen LogP) is 1.63. The van der Waals surface area contributed by atoms with Crippen molar-refractivity contribution in [3.05, 3.63) is 24.2 Å². The van der Waals surface area contributed by atoms with Crippen LogP contribution in [-0.2, 0) is 9.84 Å². The van der Waals surface area contributed by atoms with Crippen LogP contribution in [0.1, 0.15) is 31.1 Å². The number of hydrogen-bond donors (Lipinski definition) is 2. The second-order valence-electron chi connectivity index (χ2n) is 6.14. The third-order valence-corrected chi connectivity index (χ3v) is 5.15. The lowest BCUT2D eigenvalue weighted by Crippen LogP contribution is -2.43. The van der Waals surface area contributed by atoms with Gasteiger partial charge >= 0.3 is 0 Å². The summed E-state index contributed by atoms with van der Waals surface area (Å²) in [5.41, 5.74) is 0. The number of sulfone groups is 1. The van der Waals surface area contributed by atoms with Crippen LogP contribution in [-0.4, -0.2) is 64.5 Å². The van der Waals surface area contributed by atoms with E-state index in [4.69, 9.17) is 4.42 Å². The zero-order valence-electron chi connectivity index (χ0n) is 14.9. The lowest BCUT2D eigenvalue weighted by atomic mass is 10.2. The molecule has 0 spiro atoms. The minimum Gasteiger partial charge on any atom is -0.468 e. The van der Waals surface area contributed by atoms with E-state index in [1.807, 2.05) is 12.1 Å². The second-order valence-corrected chi connectivity index (χ2v) is 8.40. The molecule has 1 unspecified atom stereocenters. The van der Waals surface area contributed by atoms with Crippen LogP contribution in [0.25, 0.3) is 0 Å². The third-order valence-electron chi connectivity index (χ3n) is 4.12. The molecule has 0 bridgehead atoms. The number of likely N-dealkylation sites (tertiary alicyclic amines) is 1. The van der Waals surface area contributed by atoms with Crippen LogP contribution >= 0.6 is 24.0 Å². The molecule has 1 aliphatic rings. The Labute approximate surface area is 167 Å². The highest BCUT2D eigenvalue weighted by molar-refractivity contribution is 14.0. The Balaban J connectivity index is 0.00000312. The standard InChI is InChI=1S/C16H28N4O3S.HI/c1-17-16(18-8-6-12-24(2,21)22)19-13-14(15-7-5-11-23-15)20-9-3-4-10-20;/h5,7,11,14H,3-4,6,8-10,12-13H2,1-2H3,(H2,17,18,19);1H. The van der Waals surface area contributed by atoms with E-state index in [1.54, 1.807) is 13.3 Å². The number of aliphatic imine (C=N–C) groups is 1. The maximum Gasteiger partial charge on any atom is 0.191 e. The van der Waals surface area contributed by atoms with Gasteiger partial charge in [0.2, 0.25) is 0 Å². The average Bonchev–Trinajstić information content (AvgIpc) is 3.22. The molecule has 0 saturated carbocycles. The molecule has 1 aromatic heterocycles. The number of nitrogens with one attached hydrogen (secondary N) is 2. The molecule has 0 aliphatic carbocycles. The minimum atomic E-state index is -2.91. The topological polar surface area (TPSA) is 86.9 Å². The molecular weight excluding hydrogens is 455 g/mol. The van der Waals surface area contributed by atoms with Crippen molar-refractivity contribution >= 4 is 39.8 Å². The fourth-order valence-corrected chi connectivity index (χ4v) is 3.57. The first-order valence-electron chi connectivity index (χ1n) is 8.39. The van der Waals surface area contributed by atoms with Crippen molar-refractivity contribution in [2.24, 2.45) is 4.99 Å². The first-order chi connectivity index (χ1) is 11.5. The highest BCUT2D eigenvalue weighted by Crippen LogP contribution is 2.24. The second kappa shape index (κ2) is 11.0. The Hall–Kier alpha value is -0.810. The van der Waals surface area contributed by atoms with Gasteiger partial charge in [0, 0.05) is 26.4 Å². The molecule has 9 heteroatoms. The Morgan fingerprint density at radius 2 is 2.08 bits per heavy atom. The highest BCUT2D eigenvalue weighted by Gasteiger charge is 2.25. The Morgan fingerprint density at radius 3 is 2.64 bits per heavy atom. The lowest BCUT2D eigenvalue weighted by Gasteiger charge is -2.26. The van der Waals surface area contributed by atoms with E-state index in [-0.39, 0.29) is 35.8 Å². The first-order valence-corrected chi connectivity index (χ1v) is 10.5. The lowest BCUT2D eigenvalue weighted by molar-refractivity contribution is 0.215. The summed E-state index contributed by atoms with van der Waals surface area (Å²) in [6.07, 6.45) is 5.96. The van der Waals surface area contributed by atoms with Gasteiger partial charge in [0.25, 0.3) is 0 Å². The van der Waals surface area contributed by atoms with E-state index in [0.29, 0.717) is 25.5 Å². The molecule has 1 aliphatic heterocycles. The van der Waals surface area contributed by atoms with Crippen molar-refractivity contribution in [3.8, 4) is 0 Å². The molecular formula is C16H29IN4O3S. The van der Waals surface area contributed by atoms with Crippen LogP contribution in [0.5, 0.6) is 0 Å². The molecule has 1 atom stereocenters. The predicted molar refractivity (Wildman–Crippen MR) is 111 cm³/mol. The molecule has 0 radical (unpaired) electrons. The molecule has 0 aromatic carbocycles. The summed E-state index contributed by atoms with van der Waals surface area (Å²) in [7, 11) is -1.20.